The second kappa shape index (κ2) is 7.11. The number of aryl methyl sites for hydroxylation is 1. The summed E-state index contributed by atoms with van der Waals surface area (Å²) in [5, 5.41) is 9.15. The van der Waals surface area contributed by atoms with Crippen LogP contribution in [0, 0.1) is 6.92 Å². The predicted molar refractivity (Wildman–Crippen MR) is 155 cm³/mol. The Balaban J connectivity index is 1.55. The molecule has 0 spiro atoms. The van der Waals surface area contributed by atoms with Gasteiger partial charge < -0.3 is 0 Å². The van der Waals surface area contributed by atoms with E-state index in [-0.39, 0.29) is 0 Å². The van der Waals surface area contributed by atoms with Crippen LogP contribution in [0.25, 0.3) is 73.1 Å². The van der Waals surface area contributed by atoms with Crippen molar-refractivity contribution >= 4 is 84.7 Å². The zero-order chi connectivity index (χ0) is 23.1. The molecule has 8 aromatic rings. The minimum Gasteiger partial charge on any atom is -0.256 e. The Morgan fingerprint density at radius 1 is 0.571 bits per heavy atom. The zero-order valence-corrected chi connectivity index (χ0v) is 20.6. The SMILES string of the molecule is Cc1ccnc2c(-c3cccc4c3sc3ccccc34)cc3cc4c(cc3c12)sc1ccccc14. The first kappa shape index (κ1) is 19.5. The van der Waals surface area contributed by atoms with E-state index in [1.54, 1.807) is 0 Å². The lowest BCUT2D eigenvalue weighted by Crippen LogP contribution is -1.90. The van der Waals surface area contributed by atoms with E-state index in [9.17, 15) is 0 Å². The van der Waals surface area contributed by atoms with Crippen molar-refractivity contribution < 1.29 is 0 Å². The van der Waals surface area contributed by atoms with Crippen molar-refractivity contribution in [3.63, 3.8) is 0 Å². The number of fused-ring (bicyclic) bond motifs is 9. The fourth-order valence-electron chi connectivity index (χ4n) is 5.61. The monoisotopic (exact) mass is 481 g/mol. The molecule has 0 aliphatic heterocycles. The first-order valence-corrected chi connectivity index (χ1v) is 13.4. The summed E-state index contributed by atoms with van der Waals surface area (Å²) in [6.07, 6.45) is 1.95. The van der Waals surface area contributed by atoms with E-state index in [0.717, 1.165) is 5.52 Å². The van der Waals surface area contributed by atoms with Gasteiger partial charge >= 0.3 is 0 Å². The highest BCUT2D eigenvalue weighted by Gasteiger charge is 2.17. The second-order valence-corrected chi connectivity index (χ2v) is 11.4. The average molecular weight is 482 g/mol. The average Bonchev–Trinajstić information content (AvgIpc) is 3.45. The number of pyridine rings is 1. The van der Waals surface area contributed by atoms with Gasteiger partial charge in [0.25, 0.3) is 0 Å². The van der Waals surface area contributed by atoms with E-state index in [2.05, 4.69) is 97.9 Å². The van der Waals surface area contributed by atoms with Crippen LogP contribution < -0.4 is 0 Å². The van der Waals surface area contributed by atoms with Gasteiger partial charge in [-0.05, 0) is 59.7 Å². The molecule has 0 aliphatic carbocycles. The third-order valence-corrected chi connectivity index (χ3v) is 9.58. The number of aromatic nitrogens is 1. The topological polar surface area (TPSA) is 12.9 Å². The van der Waals surface area contributed by atoms with Gasteiger partial charge in [-0.3, -0.25) is 4.98 Å². The van der Waals surface area contributed by atoms with Gasteiger partial charge in [-0.1, -0.05) is 54.6 Å². The van der Waals surface area contributed by atoms with Crippen LogP contribution >= 0.6 is 22.7 Å². The molecule has 3 heteroatoms. The van der Waals surface area contributed by atoms with E-state index in [0.29, 0.717) is 0 Å². The predicted octanol–water partition coefficient (Wildman–Crippen LogP) is 10.1. The highest BCUT2D eigenvalue weighted by atomic mass is 32.1. The lowest BCUT2D eigenvalue weighted by atomic mass is 9.93. The van der Waals surface area contributed by atoms with Crippen molar-refractivity contribution in [1.29, 1.82) is 0 Å². The van der Waals surface area contributed by atoms with E-state index < -0.39 is 0 Å². The van der Waals surface area contributed by atoms with Gasteiger partial charge in [0, 0.05) is 63.1 Å². The molecule has 0 atom stereocenters. The molecule has 3 aromatic heterocycles. The molecule has 0 N–H and O–H groups in total. The van der Waals surface area contributed by atoms with Gasteiger partial charge in [0.15, 0.2) is 0 Å². The van der Waals surface area contributed by atoms with Crippen molar-refractivity contribution in [3.8, 4) is 11.1 Å². The molecule has 0 aliphatic rings. The minimum absolute atomic E-state index is 1.09. The summed E-state index contributed by atoms with van der Waals surface area (Å²) in [4.78, 5) is 4.96. The zero-order valence-electron chi connectivity index (χ0n) is 19.0. The number of hydrogen-bond donors (Lipinski definition) is 0. The molecule has 1 nitrogen and oxygen atoms in total. The first-order chi connectivity index (χ1) is 17.3. The van der Waals surface area contributed by atoms with Crippen LogP contribution in [0.1, 0.15) is 5.56 Å². The van der Waals surface area contributed by atoms with Crippen LogP contribution in [0.15, 0.2) is 97.2 Å². The minimum atomic E-state index is 1.09. The highest BCUT2D eigenvalue weighted by Crippen LogP contribution is 2.45. The van der Waals surface area contributed by atoms with E-state index in [1.807, 2.05) is 28.9 Å². The lowest BCUT2D eigenvalue weighted by molar-refractivity contribution is 1.38. The number of nitrogens with zero attached hydrogens (tertiary/aromatic N) is 1. The Morgan fingerprint density at radius 3 is 2.17 bits per heavy atom. The van der Waals surface area contributed by atoms with Gasteiger partial charge in [0.2, 0.25) is 0 Å². The Morgan fingerprint density at radius 2 is 1.31 bits per heavy atom. The van der Waals surface area contributed by atoms with E-state index >= 15 is 0 Å². The normalized spacial score (nSPS) is 12.1. The van der Waals surface area contributed by atoms with Crippen molar-refractivity contribution in [2.75, 3.05) is 0 Å². The quantitative estimate of drug-likeness (QED) is 0.213. The van der Waals surface area contributed by atoms with Crippen LogP contribution in [0.4, 0.5) is 0 Å². The summed E-state index contributed by atoms with van der Waals surface area (Å²) in [7, 11) is 0. The number of rotatable bonds is 1. The molecule has 3 heterocycles. The van der Waals surface area contributed by atoms with E-state index in [1.165, 1.54) is 73.2 Å². The van der Waals surface area contributed by atoms with Crippen molar-refractivity contribution in [2.24, 2.45) is 0 Å². The van der Waals surface area contributed by atoms with Crippen molar-refractivity contribution in [1.82, 2.24) is 4.98 Å². The molecule has 5 aromatic carbocycles. The number of benzene rings is 5. The third kappa shape index (κ3) is 2.71. The van der Waals surface area contributed by atoms with Crippen LogP contribution in [0.2, 0.25) is 0 Å². The van der Waals surface area contributed by atoms with Gasteiger partial charge in [0.1, 0.15) is 0 Å². The molecule has 0 unspecified atom stereocenters. The molecule has 0 radical (unpaired) electrons. The number of thiophene rings is 2. The summed E-state index contributed by atoms with van der Waals surface area (Å²) in [6, 6.07) is 33.5. The summed E-state index contributed by atoms with van der Waals surface area (Å²) in [5.41, 5.74) is 4.84. The summed E-state index contributed by atoms with van der Waals surface area (Å²) < 4.78 is 5.34. The summed E-state index contributed by atoms with van der Waals surface area (Å²) in [5.74, 6) is 0. The number of hydrogen-bond acceptors (Lipinski definition) is 3. The smallest absolute Gasteiger partial charge is 0.0789 e. The molecule has 0 saturated heterocycles. The molecule has 0 bridgehead atoms. The highest BCUT2D eigenvalue weighted by molar-refractivity contribution is 7.26. The van der Waals surface area contributed by atoms with Crippen LogP contribution in [0.3, 0.4) is 0 Å². The Kier molecular flexibility index (Phi) is 3.96. The third-order valence-electron chi connectivity index (χ3n) is 7.23. The molecule has 35 heavy (non-hydrogen) atoms. The van der Waals surface area contributed by atoms with Gasteiger partial charge in [-0.2, -0.15) is 0 Å². The maximum atomic E-state index is 4.96. The second-order valence-electron chi connectivity index (χ2n) is 9.22. The fraction of sp³-hybridized carbons (Fsp3) is 0.0312. The maximum absolute atomic E-state index is 4.96. The molecule has 0 fully saturated rings. The molecular formula is C32H19NS2. The molecule has 8 rings (SSSR count). The van der Waals surface area contributed by atoms with Crippen molar-refractivity contribution in [2.45, 2.75) is 6.92 Å². The van der Waals surface area contributed by atoms with Gasteiger partial charge in [0.05, 0.1) is 5.52 Å². The van der Waals surface area contributed by atoms with Crippen LogP contribution in [-0.4, -0.2) is 4.98 Å². The fourth-order valence-corrected chi connectivity index (χ4v) is 7.97. The Labute approximate surface area is 209 Å². The molecule has 0 saturated carbocycles. The summed E-state index contributed by atoms with van der Waals surface area (Å²) in [6.45, 7) is 2.21. The molecule has 164 valence electrons. The van der Waals surface area contributed by atoms with E-state index in [4.69, 9.17) is 4.98 Å². The lowest BCUT2D eigenvalue weighted by Gasteiger charge is -2.13. The Hall–Kier alpha value is -3.79. The maximum Gasteiger partial charge on any atom is 0.0789 e. The molecule has 0 amide bonds. The van der Waals surface area contributed by atoms with Crippen LogP contribution in [0.5, 0.6) is 0 Å². The van der Waals surface area contributed by atoms with Crippen LogP contribution in [-0.2, 0) is 0 Å². The standard InChI is InChI=1S/C32H19NS2/c1-18-13-14-33-31-26(23-10-6-9-22-20-7-2-5-12-28(20)35-32(22)23)16-19-15-25-21-8-3-4-11-27(21)34-29(25)17-24(19)30(18)31/h2-17H,1H3. The molecular weight excluding hydrogens is 462 g/mol. The van der Waals surface area contributed by atoms with Gasteiger partial charge in [-0.15, -0.1) is 22.7 Å². The Bertz CT molecular complexity index is 2130. The summed E-state index contributed by atoms with van der Waals surface area (Å²) >= 11 is 3.76. The van der Waals surface area contributed by atoms with Gasteiger partial charge in [-0.25, -0.2) is 0 Å². The van der Waals surface area contributed by atoms with Crippen molar-refractivity contribution in [3.05, 3.63) is 103 Å². The largest absolute Gasteiger partial charge is 0.256 e. The first-order valence-electron chi connectivity index (χ1n) is 11.8.